The van der Waals surface area contributed by atoms with Crippen LogP contribution in [0, 0.1) is 22.7 Å². The summed E-state index contributed by atoms with van der Waals surface area (Å²) in [4.78, 5) is 3.17. The quantitative estimate of drug-likeness (QED) is 0.661. The Balaban J connectivity index is 2.19. The Bertz CT molecular complexity index is 1030. The van der Waals surface area contributed by atoms with Crippen molar-refractivity contribution in [1.82, 2.24) is 4.98 Å². The van der Waals surface area contributed by atoms with Crippen molar-refractivity contribution in [2.24, 2.45) is 0 Å². The van der Waals surface area contributed by atoms with E-state index in [-0.39, 0.29) is 0 Å². The smallest absolute Gasteiger partial charge is 0.126 e. The predicted octanol–water partition coefficient (Wildman–Crippen LogP) is 4.87. The van der Waals surface area contributed by atoms with Crippen molar-refractivity contribution in [2.45, 2.75) is 0 Å². The fraction of sp³-hybridized carbons (Fsp3) is 0.0526. The molecule has 1 N–H and O–H groups in total. The zero-order valence-corrected chi connectivity index (χ0v) is 14.4. The van der Waals surface area contributed by atoms with E-state index in [9.17, 15) is 5.26 Å². The zero-order chi connectivity index (χ0) is 17.1. The van der Waals surface area contributed by atoms with Gasteiger partial charge >= 0.3 is 0 Å². The van der Waals surface area contributed by atoms with Gasteiger partial charge in [-0.1, -0.05) is 15.9 Å². The van der Waals surface area contributed by atoms with Crippen LogP contribution in [-0.4, -0.2) is 12.1 Å². The number of hydrogen-bond donors (Lipinski definition) is 1. The number of aromatic nitrogens is 1. The first-order chi connectivity index (χ1) is 11.7. The number of hydrogen-bond acceptors (Lipinski definition) is 3. The fourth-order valence-electron chi connectivity index (χ4n) is 2.56. The Morgan fingerprint density at radius 1 is 1.21 bits per heavy atom. The molecule has 1 aromatic heterocycles. The van der Waals surface area contributed by atoms with Gasteiger partial charge in [0.15, 0.2) is 0 Å². The van der Waals surface area contributed by atoms with Gasteiger partial charge in [0, 0.05) is 32.7 Å². The highest BCUT2D eigenvalue weighted by Gasteiger charge is 2.11. The third-order valence-electron chi connectivity index (χ3n) is 3.71. The van der Waals surface area contributed by atoms with Crippen molar-refractivity contribution in [1.29, 1.82) is 10.5 Å². The van der Waals surface area contributed by atoms with E-state index >= 15 is 0 Å². The van der Waals surface area contributed by atoms with Gasteiger partial charge < -0.3 is 9.72 Å². The first-order valence-electron chi connectivity index (χ1n) is 7.13. The van der Waals surface area contributed by atoms with Crippen LogP contribution in [0.1, 0.15) is 16.7 Å². The number of aromatic amines is 1. The first kappa shape index (κ1) is 15.9. The summed E-state index contributed by atoms with van der Waals surface area (Å²) < 4.78 is 6.28. The summed E-state index contributed by atoms with van der Waals surface area (Å²) >= 11 is 3.46. The molecule has 0 unspecified atom stereocenters. The summed E-state index contributed by atoms with van der Waals surface area (Å²) in [5.74, 6) is 0.614. The van der Waals surface area contributed by atoms with Gasteiger partial charge in [-0.15, -0.1) is 0 Å². The fourth-order valence-corrected chi connectivity index (χ4v) is 2.92. The highest BCUT2D eigenvalue weighted by atomic mass is 79.9. The zero-order valence-electron chi connectivity index (χ0n) is 12.8. The molecule has 3 rings (SSSR count). The van der Waals surface area contributed by atoms with Crippen molar-refractivity contribution in [3.05, 3.63) is 63.8 Å². The van der Waals surface area contributed by atoms with Crippen LogP contribution in [0.3, 0.4) is 0 Å². The molecule has 0 aliphatic heterocycles. The van der Waals surface area contributed by atoms with Gasteiger partial charge in [0.1, 0.15) is 5.75 Å². The molecule has 0 saturated heterocycles. The van der Waals surface area contributed by atoms with E-state index in [4.69, 9.17) is 10.00 Å². The molecule has 5 heteroatoms. The van der Waals surface area contributed by atoms with Gasteiger partial charge in [0.05, 0.1) is 30.4 Å². The first-order valence-corrected chi connectivity index (χ1v) is 7.92. The van der Waals surface area contributed by atoms with E-state index in [2.05, 4.69) is 33.1 Å². The van der Waals surface area contributed by atoms with Gasteiger partial charge in [0.2, 0.25) is 0 Å². The van der Waals surface area contributed by atoms with Crippen molar-refractivity contribution in [3.63, 3.8) is 0 Å². The maximum atomic E-state index is 9.63. The van der Waals surface area contributed by atoms with Crippen LogP contribution in [0.2, 0.25) is 0 Å². The van der Waals surface area contributed by atoms with E-state index in [1.54, 1.807) is 31.4 Å². The van der Waals surface area contributed by atoms with E-state index in [1.807, 2.05) is 24.4 Å². The van der Waals surface area contributed by atoms with Gasteiger partial charge in [-0.3, -0.25) is 0 Å². The van der Waals surface area contributed by atoms with E-state index < -0.39 is 0 Å². The molecule has 0 aliphatic carbocycles. The van der Waals surface area contributed by atoms with Crippen molar-refractivity contribution >= 4 is 38.5 Å². The lowest BCUT2D eigenvalue weighted by molar-refractivity contribution is 0.414. The molecule has 3 aromatic rings. The van der Waals surface area contributed by atoms with Crippen LogP contribution in [0.25, 0.3) is 22.6 Å². The second kappa shape index (κ2) is 6.62. The lowest BCUT2D eigenvalue weighted by Crippen LogP contribution is -1.89. The molecule has 0 amide bonds. The second-order valence-corrected chi connectivity index (χ2v) is 6.05. The average Bonchev–Trinajstić information content (AvgIpc) is 3.02. The number of ether oxygens (including phenoxy) is 1. The maximum absolute atomic E-state index is 9.63. The summed E-state index contributed by atoms with van der Waals surface area (Å²) in [5, 5.41) is 19.7. The number of benzene rings is 2. The Kier molecular flexibility index (Phi) is 4.37. The summed E-state index contributed by atoms with van der Waals surface area (Å²) in [6.07, 6.45) is 3.55. The molecule has 1 heterocycles. The number of methoxy groups -OCH3 is 1. The van der Waals surface area contributed by atoms with Crippen LogP contribution in [0.15, 0.2) is 47.1 Å². The molecule has 116 valence electrons. The number of rotatable bonds is 3. The van der Waals surface area contributed by atoms with E-state index in [0.29, 0.717) is 22.4 Å². The molecule has 0 fully saturated rings. The molecule has 0 saturated carbocycles. The molecule has 24 heavy (non-hydrogen) atoms. The monoisotopic (exact) mass is 377 g/mol. The summed E-state index contributed by atoms with van der Waals surface area (Å²) in [7, 11) is 1.56. The van der Waals surface area contributed by atoms with Gasteiger partial charge in [-0.05, 0) is 42.5 Å². The van der Waals surface area contributed by atoms with Gasteiger partial charge in [-0.25, -0.2) is 0 Å². The average molecular weight is 378 g/mol. The highest BCUT2D eigenvalue weighted by molar-refractivity contribution is 9.10. The second-order valence-electron chi connectivity index (χ2n) is 5.13. The summed E-state index contributed by atoms with van der Waals surface area (Å²) in [5.41, 5.74) is 3.46. The standard InChI is InChI=1S/C19H12BrN3O/c1-24-19-5-2-12(9-21)6-13(19)7-14(10-22)17-11-23-18-4-3-15(20)8-16(17)18/h2-8,11,23H,1H3. The number of halogens is 1. The number of allylic oxidation sites excluding steroid dienone is 1. The van der Waals surface area contributed by atoms with Crippen LogP contribution < -0.4 is 4.74 Å². The molecule has 0 aliphatic rings. The predicted molar refractivity (Wildman–Crippen MR) is 97.2 cm³/mol. The molecular formula is C19H12BrN3O. The lowest BCUT2D eigenvalue weighted by atomic mass is 10.0. The summed E-state index contributed by atoms with van der Waals surface area (Å²) in [6, 6.07) is 15.3. The Labute approximate surface area is 147 Å². The molecule has 2 aromatic carbocycles. The Hall–Kier alpha value is -3.02. The van der Waals surface area contributed by atoms with Crippen LogP contribution >= 0.6 is 15.9 Å². The minimum atomic E-state index is 0.493. The third kappa shape index (κ3) is 2.90. The Morgan fingerprint density at radius 2 is 2.04 bits per heavy atom. The number of nitriles is 2. The van der Waals surface area contributed by atoms with Crippen molar-refractivity contribution < 1.29 is 4.74 Å². The lowest BCUT2D eigenvalue weighted by Gasteiger charge is -2.06. The minimum absolute atomic E-state index is 0.493. The summed E-state index contributed by atoms with van der Waals surface area (Å²) in [6.45, 7) is 0. The minimum Gasteiger partial charge on any atom is -0.496 e. The molecular weight excluding hydrogens is 366 g/mol. The van der Waals surface area contributed by atoms with Crippen molar-refractivity contribution in [2.75, 3.05) is 7.11 Å². The van der Waals surface area contributed by atoms with E-state index in [1.165, 1.54) is 0 Å². The molecule has 0 radical (unpaired) electrons. The number of fused-ring (bicyclic) bond motifs is 1. The van der Waals surface area contributed by atoms with Crippen LogP contribution in [0.5, 0.6) is 5.75 Å². The SMILES string of the molecule is COc1ccc(C#N)cc1C=C(C#N)c1c[nH]c2ccc(Br)cc12. The van der Waals surface area contributed by atoms with Crippen molar-refractivity contribution in [3.8, 4) is 17.9 Å². The van der Waals surface area contributed by atoms with Crippen LogP contribution in [-0.2, 0) is 0 Å². The third-order valence-corrected chi connectivity index (χ3v) is 4.21. The van der Waals surface area contributed by atoms with Gasteiger partial charge in [-0.2, -0.15) is 10.5 Å². The van der Waals surface area contributed by atoms with Crippen LogP contribution in [0.4, 0.5) is 0 Å². The topological polar surface area (TPSA) is 72.6 Å². The molecule has 0 bridgehead atoms. The van der Waals surface area contributed by atoms with Gasteiger partial charge in [0.25, 0.3) is 0 Å². The Morgan fingerprint density at radius 3 is 2.75 bits per heavy atom. The maximum Gasteiger partial charge on any atom is 0.126 e. The number of nitrogens with one attached hydrogen (secondary N) is 1. The largest absolute Gasteiger partial charge is 0.496 e. The normalized spacial score (nSPS) is 11.1. The molecule has 4 nitrogen and oxygen atoms in total. The van der Waals surface area contributed by atoms with E-state index in [0.717, 1.165) is 20.9 Å². The molecule has 0 atom stereocenters. The highest BCUT2D eigenvalue weighted by Crippen LogP contribution is 2.30. The number of H-pyrrole nitrogens is 1. The number of nitrogens with zero attached hydrogens (tertiary/aromatic N) is 2. The molecule has 0 spiro atoms.